The molecule has 2 aromatic rings. The summed E-state index contributed by atoms with van der Waals surface area (Å²) in [5.74, 6) is 0.109. The molecule has 1 heterocycles. The number of nitrogens with zero attached hydrogens (tertiary/aromatic N) is 1. The first-order valence-electron chi connectivity index (χ1n) is 7.71. The van der Waals surface area contributed by atoms with Crippen LogP contribution in [0.5, 0.6) is 5.75 Å². The molecule has 0 aliphatic carbocycles. The lowest BCUT2D eigenvalue weighted by Gasteiger charge is -2.01. The number of hydrogen-bond acceptors (Lipinski definition) is 2. The molecule has 1 aromatic heterocycles. The summed E-state index contributed by atoms with van der Waals surface area (Å²) in [6.07, 6.45) is 7.92. The van der Waals surface area contributed by atoms with Gasteiger partial charge in [0.25, 0.3) is 0 Å². The van der Waals surface area contributed by atoms with Gasteiger partial charge in [-0.25, -0.2) is 0 Å². The van der Waals surface area contributed by atoms with Crippen LogP contribution in [0.4, 0.5) is 0 Å². The van der Waals surface area contributed by atoms with Crippen molar-refractivity contribution in [1.82, 2.24) is 0 Å². The minimum absolute atomic E-state index is 0.227. The third-order valence-corrected chi connectivity index (χ3v) is 3.58. The summed E-state index contributed by atoms with van der Waals surface area (Å²) in [6.45, 7) is 0.816. The van der Waals surface area contributed by atoms with Crippen LogP contribution < -0.4 is 9.30 Å². The van der Waals surface area contributed by atoms with Crippen LogP contribution in [-0.2, 0) is 11.3 Å². The van der Waals surface area contributed by atoms with Crippen molar-refractivity contribution < 1.29 is 19.2 Å². The van der Waals surface area contributed by atoms with Crippen molar-refractivity contribution in [3.63, 3.8) is 0 Å². The van der Waals surface area contributed by atoms with Gasteiger partial charge in [-0.3, -0.25) is 4.79 Å². The number of carbonyl (C=O) groups is 1. The highest BCUT2D eigenvalue weighted by Gasteiger charge is 2.06. The molecule has 120 valence electrons. The number of unbranched alkanes of at least 4 members (excludes halogenated alkanes) is 1. The molecule has 1 N–H and O–H groups in total. The fourth-order valence-corrected chi connectivity index (χ4v) is 2.30. The number of carboxylic acids is 1. The SMILES string of the molecule is COc1ccc(/C=C/c2cccc[n+]2CCCCC(=O)O)cc1. The molecule has 0 fully saturated rings. The number of carboxylic acid groups (broad SMARTS) is 1. The zero-order valence-corrected chi connectivity index (χ0v) is 13.3. The lowest BCUT2D eigenvalue weighted by Crippen LogP contribution is -2.36. The van der Waals surface area contributed by atoms with Crippen molar-refractivity contribution in [3.8, 4) is 5.75 Å². The Bertz CT molecular complexity index is 663. The van der Waals surface area contributed by atoms with E-state index in [9.17, 15) is 4.79 Å². The fraction of sp³-hybridized carbons (Fsp3) is 0.263. The van der Waals surface area contributed by atoms with Crippen molar-refractivity contribution in [2.24, 2.45) is 0 Å². The molecule has 0 spiro atoms. The molecule has 0 atom stereocenters. The van der Waals surface area contributed by atoms with Crippen molar-refractivity contribution >= 4 is 18.1 Å². The maximum Gasteiger partial charge on any atom is 0.303 e. The van der Waals surface area contributed by atoms with Crippen LogP contribution in [0.2, 0.25) is 0 Å². The van der Waals surface area contributed by atoms with Gasteiger partial charge in [-0.15, -0.1) is 0 Å². The maximum atomic E-state index is 10.6. The quantitative estimate of drug-likeness (QED) is 0.600. The summed E-state index contributed by atoms with van der Waals surface area (Å²) in [6, 6.07) is 13.9. The Labute approximate surface area is 136 Å². The monoisotopic (exact) mass is 312 g/mol. The third-order valence-electron chi connectivity index (χ3n) is 3.58. The minimum atomic E-state index is -0.734. The molecule has 23 heavy (non-hydrogen) atoms. The van der Waals surface area contributed by atoms with Crippen molar-refractivity contribution in [3.05, 3.63) is 59.9 Å². The van der Waals surface area contributed by atoms with Gasteiger partial charge in [-0.05, 0) is 36.3 Å². The Morgan fingerprint density at radius 1 is 1.13 bits per heavy atom. The second kappa shape index (κ2) is 8.73. The van der Waals surface area contributed by atoms with E-state index in [1.54, 1.807) is 7.11 Å². The number of methoxy groups -OCH3 is 1. The van der Waals surface area contributed by atoms with Crippen LogP contribution in [-0.4, -0.2) is 18.2 Å². The second-order valence-corrected chi connectivity index (χ2v) is 5.28. The standard InChI is InChI=1S/C19H21NO3/c1-23-18-12-9-16(10-13-18)8-11-17-6-2-4-14-20(17)15-5-3-7-19(21)22/h2,4,6,8-14H,3,5,7,15H2,1H3/p+1/b11-8+. The number of aromatic nitrogens is 1. The van der Waals surface area contributed by atoms with Gasteiger partial charge in [-0.2, -0.15) is 4.57 Å². The van der Waals surface area contributed by atoms with Gasteiger partial charge >= 0.3 is 5.97 Å². The largest absolute Gasteiger partial charge is 0.497 e. The minimum Gasteiger partial charge on any atom is -0.497 e. The summed E-state index contributed by atoms with van der Waals surface area (Å²) in [4.78, 5) is 10.6. The number of hydrogen-bond donors (Lipinski definition) is 1. The van der Waals surface area contributed by atoms with Crippen LogP contribution in [0.25, 0.3) is 12.2 Å². The van der Waals surface area contributed by atoms with E-state index < -0.39 is 5.97 Å². The van der Waals surface area contributed by atoms with Crippen molar-refractivity contribution in [2.75, 3.05) is 7.11 Å². The molecule has 1 aromatic carbocycles. The summed E-state index contributed by atoms with van der Waals surface area (Å²) in [7, 11) is 1.65. The molecule has 4 heteroatoms. The number of ether oxygens (including phenoxy) is 1. The van der Waals surface area contributed by atoms with Crippen LogP contribution in [0.3, 0.4) is 0 Å². The molecule has 0 aliphatic heterocycles. The van der Waals surface area contributed by atoms with E-state index >= 15 is 0 Å². The van der Waals surface area contributed by atoms with Crippen LogP contribution >= 0.6 is 0 Å². The van der Waals surface area contributed by atoms with Gasteiger partial charge < -0.3 is 9.84 Å². The third kappa shape index (κ3) is 5.58. The van der Waals surface area contributed by atoms with Gasteiger partial charge in [0.15, 0.2) is 6.20 Å². The molecule has 0 unspecified atom stereocenters. The van der Waals surface area contributed by atoms with Gasteiger partial charge in [0.05, 0.1) is 7.11 Å². The van der Waals surface area contributed by atoms with Gasteiger partial charge in [0.1, 0.15) is 12.3 Å². The number of rotatable bonds is 8. The fourth-order valence-electron chi connectivity index (χ4n) is 2.30. The predicted octanol–water partition coefficient (Wildman–Crippen LogP) is 3.41. The first kappa shape index (κ1) is 16.7. The summed E-state index contributed by atoms with van der Waals surface area (Å²) >= 11 is 0. The van der Waals surface area contributed by atoms with Gasteiger partial charge in [0, 0.05) is 31.1 Å². The highest BCUT2D eigenvalue weighted by Crippen LogP contribution is 2.13. The average molecular weight is 312 g/mol. The molecule has 0 amide bonds. The smallest absolute Gasteiger partial charge is 0.303 e. The van der Waals surface area contributed by atoms with Crippen LogP contribution in [0.1, 0.15) is 30.5 Å². The number of benzene rings is 1. The first-order chi connectivity index (χ1) is 11.2. The Hall–Kier alpha value is -2.62. The molecular formula is C19H22NO3+. The normalized spacial score (nSPS) is 10.8. The van der Waals surface area contributed by atoms with Crippen LogP contribution in [0.15, 0.2) is 48.7 Å². The summed E-state index contributed by atoms with van der Waals surface area (Å²) < 4.78 is 7.29. The number of aliphatic carboxylic acids is 1. The molecule has 0 saturated carbocycles. The Balaban J connectivity index is 2.01. The lowest BCUT2D eigenvalue weighted by atomic mass is 10.2. The van der Waals surface area contributed by atoms with E-state index in [0.29, 0.717) is 6.42 Å². The zero-order valence-electron chi connectivity index (χ0n) is 13.3. The maximum absolute atomic E-state index is 10.6. The highest BCUT2D eigenvalue weighted by atomic mass is 16.5. The van der Waals surface area contributed by atoms with E-state index in [1.165, 1.54) is 0 Å². The highest BCUT2D eigenvalue weighted by molar-refractivity contribution is 5.67. The van der Waals surface area contributed by atoms with Crippen molar-refractivity contribution in [2.45, 2.75) is 25.8 Å². The Morgan fingerprint density at radius 3 is 2.61 bits per heavy atom. The molecule has 0 bridgehead atoms. The lowest BCUT2D eigenvalue weighted by molar-refractivity contribution is -0.699. The van der Waals surface area contributed by atoms with Crippen LogP contribution in [0, 0.1) is 0 Å². The molecule has 0 radical (unpaired) electrons. The molecule has 0 aliphatic rings. The average Bonchev–Trinajstić information content (AvgIpc) is 2.58. The van der Waals surface area contributed by atoms with E-state index in [1.807, 2.05) is 42.6 Å². The number of aryl methyl sites for hydroxylation is 1. The van der Waals surface area contributed by atoms with Gasteiger partial charge in [-0.1, -0.05) is 12.1 Å². The van der Waals surface area contributed by atoms with E-state index in [4.69, 9.17) is 9.84 Å². The van der Waals surface area contributed by atoms with E-state index in [0.717, 1.165) is 30.0 Å². The second-order valence-electron chi connectivity index (χ2n) is 5.28. The molecular weight excluding hydrogens is 290 g/mol. The van der Waals surface area contributed by atoms with Gasteiger partial charge in [0.2, 0.25) is 5.69 Å². The topological polar surface area (TPSA) is 50.4 Å². The number of pyridine rings is 1. The molecule has 2 rings (SSSR count). The van der Waals surface area contributed by atoms with E-state index in [2.05, 4.69) is 22.8 Å². The zero-order chi connectivity index (χ0) is 16.5. The summed E-state index contributed by atoms with van der Waals surface area (Å²) in [5.41, 5.74) is 2.20. The first-order valence-corrected chi connectivity index (χ1v) is 7.71. The Kier molecular flexibility index (Phi) is 6.36. The molecule has 4 nitrogen and oxygen atoms in total. The van der Waals surface area contributed by atoms with E-state index in [-0.39, 0.29) is 6.42 Å². The predicted molar refractivity (Wildman–Crippen MR) is 90.0 cm³/mol. The summed E-state index contributed by atoms with van der Waals surface area (Å²) in [5, 5.41) is 8.69. The molecule has 0 saturated heterocycles. The Morgan fingerprint density at radius 2 is 1.91 bits per heavy atom. The van der Waals surface area contributed by atoms with Crippen molar-refractivity contribution in [1.29, 1.82) is 0 Å².